The van der Waals surface area contributed by atoms with Crippen LogP contribution >= 0.6 is 12.4 Å². The topological polar surface area (TPSA) is 59.0 Å². The number of benzene rings is 1. The highest BCUT2D eigenvalue weighted by molar-refractivity contribution is 5.85. The molecule has 1 fully saturated rings. The number of nitrogens with zero attached hydrogens (tertiary/aromatic N) is 2. The third-order valence-electron chi connectivity index (χ3n) is 4.30. The summed E-state index contributed by atoms with van der Waals surface area (Å²) in [4.78, 5) is 12.0. The van der Waals surface area contributed by atoms with Crippen molar-refractivity contribution in [3.63, 3.8) is 0 Å². The van der Waals surface area contributed by atoms with E-state index in [0.717, 1.165) is 30.8 Å². The van der Waals surface area contributed by atoms with Crippen molar-refractivity contribution in [2.75, 3.05) is 19.6 Å². The predicted octanol–water partition coefficient (Wildman–Crippen LogP) is 1.81. The quantitative estimate of drug-likeness (QED) is 0.847. The molecule has 1 aromatic carbocycles. The number of amides is 1. The Morgan fingerprint density at radius 2 is 2.13 bits per heavy atom. The molecule has 1 atom stereocenters. The molecule has 0 bridgehead atoms. The average molecular weight is 335 g/mol. The molecule has 1 saturated heterocycles. The summed E-state index contributed by atoms with van der Waals surface area (Å²) in [7, 11) is 0. The molecule has 2 aromatic rings. The highest BCUT2D eigenvalue weighted by atomic mass is 35.5. The molecule has 6 heteroatoms. The average Bonchev–Trinajstić information content (AvgIpc) is 2.95. The van der Waals surface area contributed by atoms with Crippen molar-refractivity contribution in [2.24, 2.45) is 11.8 Å². The van der Waals surface area contributed by atoms with Crippen LogP contribution in [-0.2, 0) is 11.2 Å². The molecule has 0 spiro atoms. The van der Waals surface area contributed by atoms with E-state index >= 15 is 0 Å². The Bertz CT molecular complexity index is 625. The van der Waals surface area contributed by atoms with Gasteiger partial charge in [0.2, 0.25) is 5.91 Å². The molecule has 2 N–H and O–H groups in total. The van der Waals surface area contributed by atoms with Gasteiger partial charge in [0.1, 0.15) is 0 Å². The Labute approximate surface area is 142 Å². The highest BCUT2D eigenvalue weighted by Crippen LogP contribution is 2.15. The minimum absolute atomic E-state index is 0. The van der Waals surface area contributed by atoms with Crippen LogP contribution in [0.2, 0.25) is 0 Å². The number of hydrogen-bond acceptors (Lipinski definition) is 3. The summed E-state index contributed by atoms with van der Waals surface area (Å²) in [5.74, 6) is 0.732. The van der Waals surface area contributed by atoms with Crippen molar-refractivity contribution in [1.82, 2.24) is 20.4 Å². The molecule has 0 aliphatic carbocycles. The van der Waals surface area contributed by atoms with Crippen molar-refractivity contribution >= 4 is 18.3 Å². The summed E-state index contributed by atoms with van der Waals surface area (Å²) in [5, 5.41) is 10.6. The molecule has 1 aromatic heterocycles. The van der Waals surface area contributed by atoms with E-state index in [2.05, 4.69) is 15.7 Å². The molecule has 1 aliphatic heterocycles. The zero-order valence-electron chi connectivity index (χ0n) is 13.2. The van der Waals surface area contributed by atoms with E-state index in [9.17, 15) is 4.79 Å². The first-order chi connectivity index (χ1) is 10.7. The molecule has 23 heavy (non-hydrogen) atoms. The number of carbonyl (C=O) groups is 1. The lowest BCUT2D eigenvalue weighted by molar-refractivity contribution is -0.126. The zero-order valence-corrected chi connectivity index (χ0v) is 14.1. The summed E-state index contributed by atoms with van der Waals surface area (Å²) in [6, 6.07) is 10.0. The number of para-hydroxylation sites is 1. The van der Waals surface area contributed by atoms with Gasteiger partial charge in [0.25, 0.3) is 0 Å². The number of rotatable bonds is 6. The second-order valence-electron chi connectivity index (χ2n) is 5.88. The molecule has 0 radical (unpaired) electrons. The van der Waals surface area contributed by atoms with Crippen LogP contribution in [0.1, 0.15) is 12.5 Å². The van der Waals surface area contributed by atoms with E-state index in [0.29, 0.717) is 12.5 Å². The maximum absolute atomic E-state index is 12.0. The lowest BCUT2D eigenvalue weighted by atomic mass is 9.88. The summed E-state index contributed by atoms with van der Waals surface area (Å²) in [6.45, 7) is 4.58. The normalized spacial score (nSPS) is 15.3. The van der Waals surface area contributed by atoms with Gasteiger partial charge in [-0.05, 0) is 43.1 Å². The summed E-state index contributed by atoms with van der Waals surface area (Å²) in [5.41, 5.74) is 2.17. The maximum atomic E-state index is 12.0. The van der Waals surface area contributed by atoms with E-state index < -0.39 is 0 Å². The van der Waals surface area contributed by atoms with Crippen molar-refractivity contribution in [3.8, 4) is 5.69 Å². The minimum atomic E-state index is 0. The van der Waals surface area contributed by atoms with Crippen molar-refractivity contribution in [2.45, 2.75) is 13.3 Å². The Hall–Kier alpha value is -1.85. The molecule has 1 aliphatic rings. The van der Waals surface area contributed by atoms with Gasteiger partial charge in [-0.3, -0.25) is 4.79 Å². The van der Waals surface area contributed by atoms with E-state index in [1.54, 1.807) is 0 Å². The lowest BCUT2D eigenvalue weighted by Gasteiger charge is -2.31. The SMILES string of the molecule is CC(C(=O)NCCc1cnn(-c2ccccc2)c1)C1CNC1.Cl. The van der Waals surface area contributed by atoms with E-state index in [1.807, 2.05) is 54.3 Å². The van der Waals surface area contributed by atoms with Gasteiger partial charge in [-0.25, -0.2) is 4.68 Å². The molecule has 1 amide bonds. The first-order valence-corrected chi connectivity index (χ1v) is 7.81. The Kier molecular flexibility index (Phi) is 6.19. The lowest BCUT2D eigenvalue weighted by Crippen LogP contribution is -2.49. The number of nitrogens with one attached hydrogen (secondary N) is 2. The fraction of sp³-hybridized carbons (Fsp3) is 0.412. The molecular weight excluding hydrogens is 312 g/mol. The zero-order chi connectivity index (χ0) is 15.4. The molecule has 2 heterocycles. The van der Waals surface area contributed by atoms with Crippen LogP contribution in [0.5, 0.6) is 0 Å². The molecule has 124 valence electrons. The summed E-state index contributed by atoms with van der Waals surface area (Å²) < 4.78 is 1.86. The number of carbonyl (C=O) groups excluding carboxylic acids is 1. The van der Waals surface area contributed by atoms with Crippen molar-refractivity contribution in [1.29, 1.82) is 0 Å². The molecular formula is C17H23ClN4O. The standard InChI is InChI=1S/C17H22N4O.ClH/c1-13(15-10-18-11-15)17(22)19-8-7-14-9-20-21(12-14)16-5-3-2-4-6-16;/h2-6,9,12-13,15,18H,7-8,10-11H2,1H3,(H,19,22);1H. The largest absolute Gasteiger partial charge is 0.356 e. The smallest absolute Gasteiger partial charge is 0.223 e. The van der Waals surface area contributed by atoms with Gasteiger partial charge >= 0.3 is 0 Å². The number of halogens is 1. The van der Waals surface area contributed by atoms with Crippen LogP contribution in [0.25, 0.3) is 5.69 Å². The number of hydrogen-bond donors (Lipinski definition) is 2. The fourth-order valence-corrected chi connectivity index (χ4v) is 2.58. The Morgan fingerprint density at radius 1 is 1.39 bits per heavy atom. The summed E-state index contributed by atoms with van der Waals surface area (Å²) >= 11 is 0. The molecule has 3 rings (SSSR count). The molecule has 0 saturated carbocycles. The van der Waals surface area contributed by atoms with Crippen LogP contribution in [0, 0.1) is 11.8 Å². The van der Waals surface area contributed by atoms with Crippen molar-refractivity contribution < 1.29 is 4.79 Å². The van der Waals surface area contributed by atoms with Gasteiger partial charge in [-0.1, -0.05) is 25.1 Å². The van der Waals surface area contributed by atoms with Crippen LogP contribution < -0.4 is 10.6 Å². The van der Waals surface area contributed by atoms with Gasteiger partial charge in [0.05, 0.1) is 11.9 Å². The first-order valence-electron chi connectivity index (χ1n) is 7.81. The van der Waals surface area contributed by atoms with Gasteiger partial charge in [-0.15, -0.1) is 12.4 Å². The summed E-state index contributed by atoms with van der Waals surface area (Å²) in [6.07, 6.45) is 4.67. The highest BCUT2D eigenvalue weighted by Gasteiger charge is 2.28. The van der Waals surface area contributed by atoms with Crippen LogP contribution in [0.4, 0.5) is 0 Å². The fourth-order valence-electron chi connectivity index (χ4n) is 2.58. The maximum Gasteiger partial charge on any atom is 0.223 e. The van der Waals surface area contributed by atoms with Gasteiger partial charge < -0.3 is 10.6 Å². The van der Waals surface area contributed by atoms with Crippen LogP contribution in [-0.4, -0.2) is 35.3 Å². The van der Waals surface area contributed by atoms with Crippen LogP contribution in [0.3, 0.4) is 0 Å². The predicted molar refractivity (Wildman–Crippen MR) is 93.0 cm³/mol. The molecule has 1 unspecified atom stereocenters. The second kappa shape index (κ2) is 8.13. The monoisotopic (exact) mass is 334 g/mol. The second-order valence-corrected chi connectivity index (χ2v) is 5.88. The van der Waals surface area contributed by atoms with E-state index in [1.165, 1.54) is 0 Å². The number of aromatic nitrogens is 2. The van der Waals surface area contributed by atoms with Gasteiger partial charge in [-0.2, -0.15) is 5.10 Å². The Morgan fingerprint density at radius 3 is 2.78 bits per heavy atom. The minimum Gasteiger partial charge on any atom is -0.356 e. The van der Waals surface area contributed by atoms with E-state index in [4.69, 9.17) is 0 Å². The third-order valence-corrected chi connectivity index (χ3v) is 4.30. The van der Waals surface area contributed by atoms with Crippen LogP contribution in [0.15, 0.2) is 42.7 Å². The van der Waals surface area contributed by atoms with Gasteiger partial charge in [0, 0.05) is 18.7 Å². The van der Waals surface area contributed by atoms with E-state index in [-0.39, 0.29) is 24.2 Å². The first kappa shape index (κ1) is 17.5. The van der Waals surface area contributed by atoms with Gasteiger partial charge in [0.15, 0.2) is 0 Å². The third kappa shape index (κ3) is 4.33. The molecule has 5 nitrogen and oxygen atoms in total. The van der Waals surface area contributed by atoms with Crippen molar-refractivity contribution in [3.05, 3.63) is 48.3 Å². The Balaban J connectivity index is 0.00000192.